The summed E-state index contributed by atoms with van der Waals surface area (Å²) in [5.74, 6) is -0.0330. The molecule has 0 radical (unpaired) electrons. The van der Waals surface area contributed by atoms with Gasteiger partial charge >= 0.3 is 0 Å². The molecule has 1 heterocycles. The molecule has 3 rings (SSSR count). The summed E-state index contributed by atoms with van der Waals surface area (Å²) < 4.78 is 0. The monoisotopic (exact) mass is 396 g/mol. The molecule has 0 unspecified atom stereocenters. The van der Waals surface area contributed by atoms with Gasteiger partial charge in [-0.1, -0.05) is 49.0 Å². The SMILES string of the molecule is CCCN(CC(=O)Nc1ccccc1C)C(=O)CSc1nc2ccccc2[nH]1. The highest BCUT2D eigenvalue weighted by molar-refractivity contribution is 7.99. The first-order chi connectivity index (χ1) is 13.6. The quantitative estimate of drug-likeness (QED) is 0.567. The van der Waals surface area contributed by atoms with Crippen LogP contribution in [-0.2, 0) is 9.59 Å². The van der Waals surface area contributed by atoms with Crippen LogP contribution < -0.4 is 5.32 Å². The minimum atomic E-state index is -0.190. The van der Waals surface area contributed by atoms with E-state index in [-0.39, 0.29) is 24.1 Å². The smallest absolute Gasteiger partial charge is 0.244 e. The number of aryl methyl sites for hydroxylation is 1. The van der Waals surface area contributed by atoms with E-state index in [9.17, 15) is 9.59 Å². The number of amides is 2. The number of carbonyl (C=O) groups is 2. The number of para-hydroxylation sites is 3. The molecule has 0 saturated carbocycles. The maximum Gasteiger partial charge on any atom is 0.244 e. The first-order valence-electron chi connectivity index (χ1n) is 9.27. The number of nitrogens with zero attached hydrogens (tertiary/aromatic N) is 2. The molecule has 0 saturated heterocycles. The van der Waals surface area contributed by atoms with Crippen molar-refractivity contribution in [2.24, 2.45) is 0 Å². The summed E-state index contributed by atoms with van der Waals surface area (Å²) in [5.41, 5.74) is 3.58. The van der Waals surface area contributed by atoms with E-state index in [0.29, 0.717) is 11.7 Å². The van der Waals surface area contributed by atoms with E-state index in [1.54, 1.807) is 4.90 Å². The number of fused-ring (bicyclic) bond motifs is 1. The van der Waals surface area contributed by atoms with Crippen LogP contribution in [0.25, 0.3) is 11.0 Å². The Hall–Kier alpha value is -2.80. The zero-order valence-electron chi connectivity index (χ0n) is 16.1. The van der Waals surface area contributed by atoms with Crippen LogP contribution in [0.4, 0.5) is 5.69 Å². The topological polar surface area (TPSA) is 78.1 Å². The van der Waals surface area contributed by atoms with E-state index < -0.39 is 0 Å². The number of rotatable bonds is 8. The van der Waals surface area contributed by atoms with E-state index in [2.05, 4.69) is 15.3 Å². The fraction of sp³-hybridized carbons (Fsp3) is 0.286. The van der Waals surface area contributed by atoms with Gasteiger partial charge in [0.15, 0.2) is 5.16 Å². The lowest BCUT2D eigenvalue weighted by atomic mass is 10.2. The van der Waals surface area contributed by atoms with Crippen molar-refractivity contribution in [1.82, 2.24) is 14.9 Å². The van der Waals surface area contributed by atoms with Gasteiger partial charge in [0, 0.05) is 12.2 Å². The number of H-pyrrole nitrogens is 1. The third-order valence-corrected chi connectivity index (χ3v) is 5.16. The highest BCUT2D eigenvalue weighted by Gasteiger charge is 2.18. The van der Waals surface area contributed by atoms with Crippen molar-refractivity contribution in [2.75, 3.05) is 24.2 Å². The van der Waals surface area contributed by atoms with Crippen LogP contribution >= 0.6 is 11.8 Å². The lowest BCUT2D eigenvalue weighted by Gasteiger charge is -2.21. The maximum absolute atomic E-state index is 12.7. The first kappa shape index (κ1) is 19.9. The van der Waals surface area contributed by atoms with Crippen molar-refractivity contribution in [3.63, 3.8) is 0 Å². The molecule has 0 aliphatic rings. The molecule has 0 fully saturated rings. The van der Waals surface area contributed by atoms with Crippen molar-refractivity contribution in [3.8, 4) is 0 Å². The van der Waals surface area contributed by atoms with Crippen molar-refractivity contribution in [3.05, 3.63) is 54.1 Å². The highest BCUT2D eigenvalue weighted by Crippen LogP contribution is 2.19. The molecule has 2 aromatic carbocycles. The van der Waals surface area contributed by atoms with Crippen LogP contribution in [0, 0.1) is 6.92 Å². The molecule has 0 spiro atoms. The second-order valence-corrected chi connectivity index (χ2v) is 7.49. The zero-order chi connectivity index (χ0) is 19.9. The fourth-order valence-electron chi connectivity index (χ4n) is 2.86. The Balaban J connectivity index is 1.58. The van der Waals surface area contributed by atoms with Gasteiger partial charge in [-0.3, -0.25) is 9.59 Å². The number of aromatic amines is 1. The van der Waals surface area contributed by atoms with E-state index in [0.717, 1.165) is 28.7 Å². The van der Waals surface area contributed by atoms with Gasteiger partial charge in [0.05, 0.1) is 23.3 Å². The molecule has 6 nitrogen and oxygen atoms in total. The number of imidazole rings is 1. The molecule has 2 N–H and O–H groups in total. The number of hydrogen-bond donors (Lipinski definition) is 2. The molecular formula is C21H24N4O2S. The minimum Gasteiger partial charge on any atom is -0.333 e. The van der Waals surface area contributed by atoms with Crippen molar-refractivity contribution >= 4 is 40.3 Å². The molecule has 2 amide bonds. The van der Waals surface area contributed by atoms with Crippen LogP contribution in [0.3, 0.4) is 0 Å². The summed E-state index contributed by atoms with van der Waals surface area (Å²) >= 11 is 1.35. The van der Waals surface area contributed by atoms with Gasteiger partial charge in [-0.05, 0) is 37.1 Å². The molecule has 28 heavy (non-hydrogen) atoms. The standard InChI is InChI=1S/C21H24N4O2S/c1-3-12-25(13-19(26)22-16-9-5-4-8-15(16)2)20(27)14-28-21-23-17-10-6-7-11-18(17)24-21/h4-11H,3,12-14H2,1-2H3,(H,22,26)(H,23,24). The Morgan fingerprint density at radius 1 is 1.14 bits per heavy atom. The minimum absolute atomic E-state index is 0.0434. The van der Waals surface area contributed by atoms with Gasteiger partial charge in [0.1, 0.15) is 0 Å². The van der Waals surface area contributed by atoms with E-state index >= 15 is 0 Å². The molecule has 0 aliphatic carbocycles. The zero-order valence-corrected chi connectivity index (χ0v) is 16.9. The summed E-state index contributed by atoms with van der Waals surface area (Å²) in [5, 5.41) is 3.59. The third-order valence-electron chi connectivity index (χ3n) is 4.30. The predicted octanol–water partition coefficient (Wildman–Crippen LogP) is 3.84. The van der Waals surface area contributed by atoms with E-state index in [1.165, 1.54) is 11.8 Å². The molecule has 0 atom stereocenters. The number of thioether (sulfide) groups is 1. The number of hydrogen-bond acceptors (Lipinski definition) is 4. The van der Waals surface area contributed by atoms with Gasteiger partial charge in [-0.2, -0.15) is 0 Å². The first-order valence-corrected chi connectivity index (χ1v) is 10.3. The fourth-order valence-corrected chi connectivity index (χ4v) is 3.65. The predicted molar refractivity (Wildman–Crippen MR) is 113 cm³/mol. The van der Waals surface area contributed by atoms with E-state index in [4.69, 9.17) is 0 Å². The lowest BCUT2D eigenvalue weighted by Crippen LogP contribution is -2.39. The number of nitrogens with one attached hydrogen (secondary N) is 2. The molecule has 7 heteroatoms. The van der Waals surface area contributed by atoms with Crippen LogP contribution in [0.5, 0.6) is 0 Å². The van der Waals surface area contributed by atoms with Crippen molar-refractivity contribution < 1.29 is 9.59 Å². The molecule has 1 aromatic heterocycles. The number of carbonyl (C=O) groups excluding carboxylic acids is 2. The molecule has 3 aromatic rings. The molecular weight excluding hydrogens is 372 g/mol. The van der Waals surface area contributed by atoms with Gasteiger partial charge < -0.3 is 15.2 Å². The summed E-state index contributed by atoms with van der Waals surface area (Å²) in [6.45, 7) is 4.52. The van der Waals surface area contributed by atoms with Gasteiger partial charge in [-0.25, -0.2) is 4.98 Å². The van der Waals surface area contributed by atoms with Gasteiger partial charge in [0.25, 0.3) is 0 Å². The number of aromatic nitrogens is 2. The second kappa shape index (κ2) is 9.41. The van der Waals surface area contributed by atoms with Gasteiger partial charge in [0.2, 0.25) is 11.8 Å². The summed E-state index contributed by atoms with van der Waals surface area (Å²) in [4.78, 5) is 34.4. The average molecular weight is 397 g/mol. The highest BCUT2D eigenvalue weighted by atomic mass is 32.2. The summed E-state index contributed by atoms with van der Waals surface area (Å²) in [7, 11) is 0. The molecule has 0 bridgehead atoms. The summed E-state index contributed by atoms with van der Waals surface area (Å²) in [6, 6.07) is 15.3. The summed E-state index contributed by atoms with van der Waals surface area (Å²) in [6.07, 6.45) is 0.790. The van der Waals surface area contributed by atoms with Gasteiger partial charge in [-0.15, -0.1) is 0 Å². The number of anilines is 1. The second-order valence-electron chi connectivity index (χ2n) is 6.53. The molecule has 0 aliphatic heterocycles. The maximum atomic E-state index is 12.7. The Kier molecular flexibility index (Phi) is 6.71. The Labute approximate surface area is 168 Å². The normalized spacial score (nSPS) is 10.8. The van der Waals surface area contributed by atoms with Crippen molar-refractivity contribution in [1.29, 1.82) is 0 Å². The Morgan fingerprint density at radius 2 is 1.89 bits per heavy atom. The van der Waals surface area contributed by atoms with Crippen LogP contribution in [-0.4, -0.2) is 45.5 Å². The largest absolute Gasteiger partial charge is 0.333 e. The Bertz CT molecular complexity index is 937. The lowest BCUT2D eigenvalue weighted by molar-refractivity contribution is -0.132. The van der Waals surface area contributed by atoms with Crippen molar-refractivity contribution in [2.45, 2.75) is 25.4 Å². The third kappa shape index (κ3) is 5.13. The average Bonchev–Trinajstić information content (AvgIpc) is 3.10. The Morgan fingerprint density at radius 3 is 2.64 bits per heavy atom. The number of benzene rings is 2. The molecule has 146 valence electrons. The van der Waals surface area contributed by atoms with Crippen LogP contribution in [0.15, 0.2) is 53.7 Å². The van der Waals surface area contributed by atoms with Crippen LogP contribution in [0.2, 0.25) is 0 Å². The van der Waals surface area contributed by atoms with Crippen LogP contribution in [0.1, 0.15) is 18.9 Å². The van der Waals surface area contributed by atoms with E-state index in [1.807, 2.05) is 62.4 Å².